The SMILES string of the molecule is CCCNC(=O)[C@H](Cc1ccccc1)N(Cc1cccc(C)c1)C(=O)Cc1ccc(Cl)c(Cl)c1. The number of halogens is 2. The van der Waals surface area contributed by atoms with E-state index >= 15 is 0 Å². The summed E-state index contributed by atoms with van der Waals surface area (Å²) in [6, 6.07) is 22.3. The van der Waals surface area contributed by atoms with Crippen molar-refractivity contribution in [3.8, 4) is 0 Å². The van der Waals surface area contributed by atoms with Gasteiger partial charge in [0.1, 0.15) is 6.04 Å². The van der Waals surface area contributed by atoms with E-state index in [2.05, 4.69) is 5.32 Å². The molecule has 4 nitrogen and oxygen atoms in total. The van der Waals surface area contributed by atoms with Crippen LogP contribution in [0.1, 0.15) is 35.6 Å². The second kappa shape index (κ2) is 12.6. The first kappa shape index (κ1) is 25.8. The van der Waals surface area contributed by atoms with Crippen LogP contribution in [0.3, 0.4) is 0 Å². The van der Waals surface area contributed by atoms with Crippen LogP contribution in [0.4, 0.5) is 0 Å². The number of amides is 2. The second-order valence-electron chi connectivity index (χ2n) is 8.43. The van der Waals surface area contributed by atoms with Gasteiger partial charge in [0.25, 0.3) is 0 Å². The Labute approximate surface area is 211 Å². The van der Waals surface area contributed by atoms with Crippen molar-refractivity contribution in [3.05, 3.63) is 105 Å². The number of carbonyl (C=O) groups is 2. The summed E-state index contributed by atoms with van der Waals surface area (Å²) in [6.45, 7) is 4.91. The summed E-state index contributed by atoms with van der Waals surface area (Å²) in [5, 5.41) is 3.84. The third-order valence-corrected chi connectivity index (χ3v) is 6.33. The summed E-state index contributed by atoms with van der Waals surface area (Å²) in [6.07, 6.45) is 1.36. The summed E-state index contributed by atoms with van der Waals surface area (Å²) < 4.78 is 0. The van der Waals surface area contributed by atoms with Crippen molar-refractivity contribution in [2.45, 2.75) is 45.7 Å². The van der Waals surface area contributed by atoms with E-state index in [1.54, 1.807) is 23.1 Å². The van der Waals surface area contributed by atoms with Gasteiger partial charge in [-0.2, -0.15) is 0 Å². The van der Waals surface area contributed by atoms with Crippen LogP contribution in [0.15, 0.2) is 72.8 Å². The molecule has 0 aliphatic heterocycles. The summed E-state index contributed by atoms with van der Waals surface area (Å²) in [5.74, 6) is -0.298. The highest BCUT2D eigenvalue weighted by Crippen LogP contribution is 2.24. The Morgan fingerprint density at radius 3 is 2.29 bits per heavy atom. The molecule has 1 atom stereocenters. The van der Waals surface area contributed by atoms with E-state index in [0.717, 1.165) is 28.7 Å². The minimum Gasteiger partial charge on any atom is -0.354 e. The van der Waals surface area contributed by atoms with E-state index in [0.29, 0.717) is 29.6 Å². The van der Waals surface area contributed by atoms with Crippen LogP contribution in [0.2, 0.25) is 10.0 Å². The first-order chi connectivity index (χ1) is 16.4. The van der Waals surface area contributed by atoms with Crippen molar-refractivity contribution in [2.75, 3.05) is 6.54 Å². The topological polar surface area (TPSA) is 49.4 Å². The number of rotatable bonds is 10. The quantitative estimate of drug-likeness (QED) is 0.373. The smallest absolute Gasteiger partial charge is 0.243 e. The first-order valence-electron chi connectivity index (χ1n) is 11.5. The maximum atomic E-state index is 13.7. The Kier molecular flexibility index (Phi) is 9.55. The molecule has 0 aliphatic carbocycles. The van der Waals surface area contributed by atoms with E-state index < -0.39 is 6.04 Å². The molecule has 0 aromatic heterocycles. The van der Waals surface area contributed by atoms with E-state index in [9.17, 15) is 9.59 Å². The van der Waals surface area contributed by atoms with Crippen LogP contribution in [-0.2, 0) is 29.0 Å². The van der Waals surface area contributed by atoms with Crippen LogP contribution < -0.4 is 5.32 Å². The van der Waals surface area contributed by atoms with Crippen molar-refractivity contribution >= 4 is 35.0 Å². The number of nitrogens with zero attached hydrogens (tertiary/aromatic N) is 1. The Balaban J connectivity index is 1.96. The Morgan fingerprint density at radius 1 is 0.882 bits per heavy atom. The van der Waals surface area contributed by atoms with Crippen molar-refractivity contribution in [1.82, 2.24) is 10.2 Å². The van der Waals surface area contributed by atoms with Gasteiger partial charge in [0, 0.05) is 19.5 Å². The molecular weight excluding hydrogens is 467 g/mol. The van der Waals surface area contributed by atoms with Gasteiger partial charge in [-0.15, -0.1) is 0 Å². The molecule has 3 rings (SSSR count). The lowest BCUT2D eigenvalue weighted by atomic mass is 10.0. The second-order valence-corrected chi connectivity index (χ2v) is 9.25. The molecular formula is C28H30Cl2N2O2. The zero-order chi connectivity index (χ0) is 24.5. The molecule has 0 fully saturated rings. The number of benzene rings is 3. The lowest BCUT2D eigenvalue weighted by Gasteiger charge is -2.32. The lowest BCUT2D eigenvalue weighted by Crippen LogP contribution is -2.51. The van der Waals surface area contributed by atoms with E-state index in [-0.39, 0.29) is 18.2 Å². The summed E-state index contributed by atoms with van der Waals surface area (Å²) in [4.78, 5) is 28.7. The molecule has 0 unspecified atom stereocenters. The van der Waals surface area contributed by atoms with Gasteiger partial charge in [-0.1, -0.05) is 96.4 Å². The van der Waals surface area contributed by atoms with Crippen LogP contribution in [0.5, 0.6) is 0 Å². The highest BCUT2D eigenvalue weighted by Gasteiger charge is 2.30. The lowest BCUT2D eigenvalue weighted by molar-refractivity contribution is -0.140. The van der Waals surface area contributed by atoms with Crippen LogP contribution in [0, 0.1) is 6.92 Å². The standard InChI is InChI=1S/C28H30Cl2N2O2/c1-3-14-31-28(34)26(17-21-9-5-4-6-10-21)32(19-23-11-7-8-20(2)15-23)27(33)18-22-12-13-24(29)25(30)16-22/h4-13,15-16,26H,3,14,17-19H2,1-2H3,(H,31,34)/t26-/m0/s1. The molecule has 0 spiro atoms. The third kappa shape index (κ3) is 7.34. The van der Waals surface area contributed by atoms with E-state index in [1.165, 1.54) is 0 Å². The van der Waals surface area contributed by atoms with Gasteiger partial charge in [0.2, 0.25) is 11.8 Å². The average molecular weight is 497 g/mol. The maximum Gasteiger partial charge on any atom is 0.243 e. The Morgan fingerprint density at radius 2 is 1.62 bits per heavy atom. The van der Waals surface area contributed by atoms with Crippen LogP contribution >= 0.6 is 23.2 Å². The average Bonchev–Trinajstić information content (AvgIpc) is 2.82. The predicted octanol–water partition coefficient (Wildman–Crippen LogP) is 6.01. The van der Waals surface area contributed by atoms with E-state index in [1.807, 2.05) is 68.4 Å². The minimum absolute atomic E-state index is 0.120. The highest BCUT2D eigenvalue weighted by molar-refractivity contribution is 6.42. The highest BCUT2D eigenvalue weighted by atomic mass is 35.5. The Hall–Kier alpha value is -2.82. The van der Waals surface area contributed by atoms with Gasteiger partial charge in [-0.05, 0) is 42.2 Å². The molecule has 1 N–H and O–H groups in total. The summed E-state index contributed by atoms with van der Waals surface area (Å²) in [5.41, 5.74) is 3.82. The first-order valence-corrected chi connectivity index (χ1v) is 12.2. The zero-order valence-electron chi connectivity index (χ0n) is 19.6. The molecule has 3 aromatic rings. The van der Waals surface area contributed by atoms with Crippen molar-refractivity contribution in [1.29, 1.82) is 0 Å². The maximum absolute atomic E-state index is 13.7. The van der Waals surface area contributed by atoms with Crippen molar-refractivity contribution < 1.29 is 9.59 Å². The molecule has 0 saturated carbocycles. The minimum atomic E-state index is -0.648. The summed E-state index contributed by atoms with van der Waals surface area (Å²) in [7, 11) is 0. The largest absolute Gasteiger partial charge is 0.354 e. The van der Waals surface area contributed by atoms with Crippen molar-refractivity contribution in [2.24, 2.45) is 0 Å². The monoisotopic (exact) mass is 496 g/mol. The van der Waals surface area contributed by atoms with Crippen LogP contribution in [-0.4, -0.2) is 29.3 Å². The molecule has 0 aliphatic rings. The molecule has 6 heteroatoms. The summed E-state index contributed by atoms with van der Waals surface area (Å²) >= 11 is 12.2. The molecule has 2 amide bonds. The van der Waals surface area contributed by atoms with Gasteiger partial charge in [-0.3, -0.25) is 9.59 Å². The fraction of sp³-hybridized carbons (Fsp3) is 0.286. The number of hydrogen-bond donors (Lipinski definition) is 1. The van der Waals surface area contributed by atoms with Gasteiger partial charge in [0.15, 0.2) is 0 Å². The molecule has 34 heavy (non-hydrogen) atoms. The molecule has 178 valence electrons. The van der Waals surface area contributed by atoms with Gasteiger partial charge in [0.05, 0.1) is 16.5 Å². The fourth-order valence-corrected chi connectivity index (χ4v) is 4.17. The normalized spacial score (nSPS) is 11.6. The molecule has 0 bridgehead atoms. The number of hydrogen-bond acceptors (Lipinski definition) is 2. The number of nitrogens with one attached hydrogen (secondary N) is 1. The van der Waals surface area contributed by atoms with Gasteiger partial charge in [-0.25, -0.2) is 0 Å². The zero-order valence-corrected chi connectivity index (χ0v) is 21.1. The fourth-order valence-electron chi connectivity index (χ4n) is 3.85. The Bertz CT molecular complexity index is 1120. The molecule has 3 aromatic carbocycles. The molecule has 0 saturated heterocycles. The number of aryl methyl sites for hydroxylation is 1. The van der Waals surface area contributed by atoms with Crippen molar-refractivity contribution in [3.63, 3.8) is 0 Å². The van der Waals surface area contributed by atoms with Crippen LogP contribution in [0.25, 0.3) is 0 Å². The third-order valence-electron chi connectivity index (χ3n) is 5.60. The predicted molar refractivity (Wildman–Crippen MR) is 139 cm³/mol. The molecule has 0 heterocycles. The molecule has 0 radical (unpaired) electrons. The van der Waals surface area contributed by atoms with Gasteiger partial charge >= 0.3 is 0 Å². The number of carbonyl (C=O) groups excluding carboxylic acids is 2. The van der Waals surface area contributed by atoms with E-state index in [4.69, 9.17) is 23.2 Å². The van der Waals surface area contributed by atoms with Gasteiger partial charge < -0.3 is 10.2 Å².